The van der Waals surface area contributed by atoms with E-state index in [1.807, 2.05) is 0 Å². The Morgan fingerprint density at radius 2 is 1.74 bits per heavy atom. The minimum atomic E-state index is -4.62. The standard InChI is InChI=1S/C10H4F4N4S/c11-6-3-1-5(2-4-6)7-17-18-8(10(12,13)14)15-16-9(18)19-7/h1-4H. The Morgan fingerprint density at radius 3 is 2.37 bits per heavy atom. The van der Waals surface area contributed by atoms with Crippen molar-refractivity contribution in [3.63, 3.8) is 0 Å². The van der Waals surface area contributed by atoms with E-state index in [0.29, 0.717) is 15.1 Å². The summed E-state index contributed by atoms with van der Waals surface area (Å²) < 4.78 is 51.2. The summed E-state index contributed by atoms with van der Waals surface area (Å²) in [5, 5.41) is 10.6. The molecule has 3 aromatic rings. The third-order valence-corrected chi connectivity index (χ3v) is 3.28. The van der Waals surface area contributed by atoms with E-state index in [0.717, 1.165) is 11.3 Å². The Hall–Kier alpha value is -2.03. The summed E-state index contributed by atoms with van der Waals surface area (Å²) in [7, 11) is 0. The highest BCUT2D eigenvalue weighted by Gasteiger charge is 2.38. The van der Waals surface area contributed by atoms with E-state index in [1.54, 1.807) is 0 Å². The number of fused-ring (bicyclic) bond motifs is 1. The molecular formula is C10H4F4N4S. The van der Waals surface area contributed by atoms with Crippen LogP contribution in [0.5, 0.6) is 0 Å². The first kappa shape index (κ1) is 12.0. The summed E-state index contributed by atoms with van der Waals surface area (Å²) in [5.74, 6) is -1.60. The maximum atomic E-state index is 12.8. The highest BCUT2D eigenvalue weighted by molar-refractivity contribution is 7.19. The van der Waals surface area contributed by atoms with Gasteiger partial charge in [-0.1, -0.05) is 11.3 Å². The van der Waals surface area contributed by atoms with Crippen LogP contribution in [0.1, 0.15) is 5.82 Å². The molecule has 0 radical (unpaired) electrons. The molecule has 0 saturated carbocycles. The molecule has 0 unspecified atom stereocenters. The fourth-order valence-corrected chi connectivity index (χ4v) is 2.35. The van der Waals surface area contributed by atoms with Crippen LogP contribution < -0.4 is 0 Å². The molecule has 2 aromatic heterocycles. The van der Waals surface area contributed by atoms with Crippen LogP contribution in [-0.4, -0.2) is 19.8 Å². The summed E-state index contributed by atoms with van der Waals surface area (Å²) in [6.07, 6.45) is -4.62. The van der Waals surface area contributed by atoms with Crippen molar-refractivity contribution in [1.82, 2.24) is 19.8 Å². The molecule has 1 aromatic carbocycles. The Morgan fingerprint density at radius 1 is 1.05 bits per heavy atom. The van der Waals surface area contributed by atoms with E-state index in [4.69, 9.17) is 0 Å². The molecule has 4 nitrogen and oxygen atoms in total. The van der Waals surface area contributed by atoms with Crippen molar-refractivity contribution in [2.45, 2.75) is 6.18 Å². The summed E-state index contributed by atoms with van der Waals surface area (Å²) in [4.78, 5) is 0.0339. The molecule has 19 heavy (non-hydrogen) atoms. The van der Waals surface area contributed by atoms with Gasteiger partial charge in [-0.25, -0.2) is 4.39 Å². The molecule has 0 amide bonds. The molecule has 3 rings (SSSR count). The summed E-state index contributed by atoms with van der Waals surface area (Å²) in [6, 6.07) is 5.30. The number of alkyl halides is 3. The fraction of sp³-hybridized carbons (Fsp3) is 0.100. The van der Waals surface area contributed by atoms with Crippen molar-refractivity contribution >= 4 is 16.3 Å². The molecule has 0 fully saturated rings. The van der Waals surface area contributed by atoms with Gasteiger partial charge < -0.3 is 0 Å². The van der Waals surface area contributed by atoms with Gasteiger partial charge in [0.25, 0.3) is 5.82 Å². The minimum absolute atomic E-state index is 0.0339. The van der Waals surface area contributed by atoms with Crippen LogP contribution in [0.25, 0.3) is 15.5 Å². The number of benzene rings is 1. The molecule has 0 atom stereocenters. The number of aromatic nitrogens is 4. The van der Waals surface area contributed by atoms with Crippen molar-refractivity contribution < 1.29 is 17.6 Å². The average molecular weight is 288 g/mol. The first-order chi connectivity index (χ1) is 8.95. The van der Waals surface area contributed by atoms with Crippen LogP contribution in [0.4, 0.5) is 17.6 Å². The monoisotopic (exact) mass is 288 g/mol. The second kappa shape index (κ2) is 3.98. The molecule has 0 bridgehead atoms. The predicted octanol–water partition coefficient (Wildman–Crippen LogP) is 3.01. The zero-order chi connectivity index (χ0) is 13.6. The third kappa shape index (κ3) is 2.05. The van der Waals surface area contributed by atoms with Gasteiger partial charge in [0.05, 0.1) is 0 Å². The first-order valence-corrected chi connectivity index (χ1v) is 5.82. The van der Waals surface area contributed by atoms with Crippen LogP contribution >= 0.6 is 11.3 Å². The van der Waals surface area contributed by atoms with E-state index >= 15 is 0 Å². The van der Waals surface area contributed by atoms with E-state index in [2.05, 4.69) is 15.3 Å². The van der Waals surface area contributed by atoms with E-state index in [1.165, 1.54) is 24.3 Å². The number of hydrogen-bond donors (Lipinski definition) is 0. The number of hydrogen-bond acceptors (Lipinski definition) is 4. The lowest BCUT2D eigenvalue weighted by molar-refractivity contribution is -0.146. The third-order valence-electron chi connectivity index (χ3n) is 2.34. The molecular weight excluding hydrogens is 284 g/mol. The van der Waals surface area contributed by atoms with Crippen molar-refractivity contribution in [3.05, 3.63) is 35.9 Å². The van der Waals surface area contributed by atoms with Gasteiger partial charge in [0.15, 0.2) is 0 Å². The molecule has 0 aliphatic rings. The van der Waals surface area contributed by atoms with Crippen LogP contribution in [0.15, 0.2) is 24.3 Å². The van der Waals surface area contributed by atoms with Gasteiger partial charge in [0.1, 0.15) is 10.8 Å². The zero-order valence-electron chi connectivity index (χ0n) is 9.02. The fourth-order valence-electron chi connectivity index (χ4n) is 1.50. The Kier molecular flexibility index (Phi) is 2.52. The van der Waals surface area contributed by atoms with Crippen molar-refractivity contribution in [3.8, 4) is 10.6 Å². The van der Waals surface area contributed by atoms with Crippen molar-refractivity contribution in [1.29, 1.82) is 0 Å². The van der Waals surface area contributed by atoms with Crippen LogP contribution in [-0.2, 0) is 6.18 Å². The van der Waals surface area contributed by atoms with Gasteiger partial charge in [-0.05, 0) is 24.3 Å². The Balaban J connectivity index is 2.12. The number of nitrogens with zero attached hydrogens (tertiary/aromatic N) is 4. The molecule has 0 spiro atoms. The Bertz CT molecular complexity index is 728. The highest BCUT2D eigenvalue weighted by atomic mass is 32.1. The lowest BCUT2D eigenvalue weighted by Gasteiger charge is -2.00. The molecule has 2 heterocycles. The molecule has 0 N–H and O–H groups in total. The van der Waals surface area contributed by atoms with E-state index < -0.39 is 17.8 Å². The van der Waals surface area contributed by atoms with Crippen LogP contribution in [0.2, 0.25) is 0 Å². The lowest BCUT2D eigenvalue weighted by Crippen LogP contribution is -2.11. The molecule has 0 aliphatic carbocycles. The summed E-state index contributed by atoms with van der Waals surface area (Å²) in [5.41, 5.74) is 0.519. The minimum Gasteiger partial charge on any atom is -0.207 e. The second-order valence-electron chi connectivity index (χ2n) is 3.63. The van der Waals surface area contributed by atoms with Gasteiger partial charge in [0, 0.05) is 5.56 Å². The predicted molar refractivity (Wildman–Crippen MR) is 59.1 cm³/mol. The van der Waals surface area contributed by atoms with Gasteiger partial charge in [-0.3, -0.25) is 0 Å². The van der Waals surface area contributed by atoms with Gasteiger partial charge in [0.2, 0.25) is 4.96 Å². The zero-order valence-corrected chi connectivity index (χ0v) is 9.83. The lowest BCUT2D eigenvalue weighted by atomic mass is 10.2. The highest BCUT2D eigenvalue weighted by Crippen LogP contribution is 2.31. The number of halogens is 4. The van der Waals surface area contributed by atoms with Gasteiger partial charge in [-0.2, -0.15) is 22.8 Å². The topological polar surface area (TPSA) is 43.1 Å². The molecule has 0 aliphatic heterocycles. The quantitative estimate of drug-likeness (QED) is 0.646. The maximum Gasteiger partial charge on any atom is 0.453 e. The second-order valence-corrected chi connectivity index (χ2v) is 4.59. The molecule has 0 saturated heterocycles. The molecule has 98 valence electrons. The average Bonchev–Trinajstić information content (AvgIpc) is 2.87. The van der Waals surface area contributed by atoms with Crippen LogP contribution in [0.3, 0.4) is 0 Å². The first-order valence-electron chi connectivity index (χ1n) is 5.00. The van der Waals surface area contributed by atoms with E-state index in [9.17, 15) is 17.6 Å². The van der Waals surface area contributed by atoms with E-state index in [-0.39, 0.29) is 4.96 Å². The Labute approximate surface area is 107 Å². The number of rotatable bonds is 1. The van der Waals surface area contributed by atoms with Crippen molar-refractivity contribution in [2.75, 3.05) is 0 Å². The molecule has 9 heteroatoms. The van der Waals surface area contributed by atoms with Gasteiger partial charge in [-0.15, -0.1) is 10.2 Å². The largest absolute Gasteiger partial charge is 0.453 e. The summed E-state index contributed by atoms with van der Waals surface area (Å²) in [6.45, 7) is 0. The van der Waals surface area contributed by atoms with Crippen molar-refractivity contribution in [2.24, 2.45) is 0 Å². The SMILES string of the molecule is Fc1ccc(-c2nn3c(C(F)(F)F)nnc3s2)cc1. The summed E-state index contributed by atoms with van der Waals surface area (Å²) >= 11 is 0.949. The van der Waals surface area contributed by atoms with Crippen LogP contribution in [0, 0.1) is 5.82 Å². The van der Waals surface area contributed by atoms with Gasteiger partial charge >= 0.3 is 6.18 Å². The smallest absolute Gasteiger partial charge is 0.207 e. The normalized spacial score (nSPS) is 12.2. The maximum absolute atomic E-state index is 12.8.